The Morgan fingerprint density at radius 2 is 2.09 bits per heavy atom. The third-order valence-electron chi connectivity index (χ3n) is 3.41. The van der Waals surface area contributed by atoms with Crippen LogP contribution in [0.2, 0.25) is 0 Å². The number of benzene rings is 2. The van der Waals surface area contributed by atoms with E-state index in [1.54, 1.807) is 24.3 Å². The Balaban J connectivity index is 2.24. The molecule has 0 unspecified atom stereocenters. The van der Waals surface area contributed by atoms with Gasteiger partial charge in [0.2, 0.25) is 0 Å². The van der Waals surface area contributed by atoms with Crippen LogP contribution in [0.5, 0.6) is 0 Å². The van der Waals surface area contributed by atoms with Gasteiger partial charge in [0.1, 0.15) is 5.82 Å². The lowest BCUT2D eigenvalue weighted by atomic mass is 10.0. The lowest BCUT2D eigenvalue weighted by molar-refractivity contribution is 0.102. The van der Waals surface area contributed by atoms with Crippen molar-refractivity contribution in [1.82, 2.24) is 0 Å². The molecule has 2 N–H and O–H groups in total. The van der Waals surface area contributed by atoms with Gasteiger partial charge in [-0.3, -0.25) is 4.79 Å². The number of nitrogens with one attached hydrogen (secondary N) is 1. The zero-order chi connectivity index (χ0) is 16.8. The third-order valence-corrected chi connectivity index (χ3v) is 3.41. The number of halogens is 1. The third kappa shape index (κ3) is 4.41. The van der Waals surface area contributed by atoms with Gasteiger partial charge in [0.15, 0.2) is 0 Å². The Morgan fingerprint density at radius 3 is 2.78 bits per heavy atom. The summed E-state index contributed by atoms with van der Waals surface area (Å²) in [5.74, 6) is 1.68. The Kier molecular flexibility index (Phi) is 5.51. The summed E-state index contributed by atoms with van der Waals surface area (Å²) in [6.07, 6.45) is 6.52. The van der Waals surface area contributed by atoms with E-state index in [0.29, 0.717) is 29.7 Å². The molecule has 0 aliphatic carbocycles. The highest BCUT2D eigenvalue weighted by atomic mass is 19.1. The van der Waals surface area contributed by atoms with Gasteiger partial charge in [0.25, 0.3) is 5.91 Å². The molecule has 0 aliphatic heterocycles. The number of aliphatic hydroxyl groups excluding tert-OH is 1. The first-order valence-electron chi connectivity index (χ1n) is 7.32. The number of carbonyl (C=O) groups is 1. The molecular formula is C19H18FNO2. The largest absolute Gasteiger partial charge is 0.396 e. The van der Waals surface area contributed by atoms with Crippen LogP contribution in [0.25, 0.3) is 0 Å². The number of aliphatic hydroxyl groups is 1. The monoisotopic (exact) mass is 311 g/mol. The van der Waals surface area contributed by atoms with Crippen molar-refractivity contribution >= 4 is 11.6 Å². The second-order valence-electron chi connectivity index (χ2n) is 5.32. The maximum absolute atomic E-state index is 13.7. The highest BCUT2D eigenvalue weighted by Gasteiger charge is 2.12. The average Bonchev–Trinajstić information content (AvgIpc) is 2.52. The molecule has 0 bridgehead atoms. The van der Waals surface area contributed by atoms with Crippen molar-refractivity contribution < 1.29 is 14.3 Å². The molecule has 2 aromatic rings. The van der Waals surface area contributed by atoms with Gasteiger partial charge >= 0.3 is 0 Å². The molecule has 2 rings (SSSR count). The quantitative estimate of drug-likeness (QED) is 0.833. The number of rotatable bonds is 5. The van der Waals surface area contributed by atoms with Gasteiger partial charge in [0, 0.05) is 17.9 Å². The van der Waals surface area contributed by atoms with Gasteiger partial charge in [-0.1, -0.05) is 12.0 Å². The average molecular weight is 311 g/mol. The number of terminal acetylenes is 1. The maximum atomic E-state index is 13.7. The van der Waals surface area contributed by atoms with Crippen LogP contribution in [-0.4, -0.2) is 17.6 Å². The van der Waals surface area contributed by atoms with Crippen molar-refractivity contribution in [3.05, 3.63) is 64.5 Å². The molecule has 0 spiro atoms. The molecule has 0 atom stereocenters. The minimum absolute atomic E-state index is 0.0348. The summed E-state index contributed by atoms with van der Waals surface area (Å²) in [4.78, 5) is 12.4. The van der Waals surface area contributed by atoms with Crippen LogP contribution >= 0.6 is 0 Å². The molecule has 23 heavy (non-hydrogen) atoms. The van der Waals surface area contributed by atoms with Gasteiger partial charge in [0.05, 0.1) is 5.56 Å². The molecular weight excluding hydrogens is 293 g/mol. The molecule has 0 fully saturated rings. The van der Waals surface area contributed by atoms with Crippen molar-refractivity contribution in [2.75, 3.05) is 11.9 Å². The summed E-state index contributed by atoms with van der Waals surface area (Å²) in [6.45, 7) is 1.93. The summed E-state index contributed by atoms with van der Waals surface area (Å²) in [5, 5.41) is 11.5. The fraction of sp³-hybridized carbons (Fsp3) is 0.211. The van der Waals surface area contributed by atoms with Gasteiger partial charge in [-0.05, 0) is 61.2 Å². The van der Waals surface area contributed by atoms with Crippen molar-refractivity contribution in [3.8, 4) is 12.3 Å². The van der Waals surface area contributed by atoms with E-state index in [9.17, 15) is 9.18 Å². The number of aryl methyl sites for hydroxylation is 2. The number of hydrogen-bond donors (Lipinski definition) is 2. The van der Waals surface area contributed by atoms with E-state index in [1.807, 2.05) is 6.92 Å². The van der Waals surface area contributed by atoms with E-state index >= 15 is 0 Å². The molecule has 118 valence electrons. The Hall–Kier alpha value is -2.64. The minimum atomic E-state index is -0.434. The van der Waals surface area contributed by atoms with Crippen LogP contribution in [0.3, 0.4) is 0 Å². The topological polar surface area (TPSA) is 49.3 Å². The predicted molar refractivity (Wildman–Crippen MR) is 88.9 cm³/mol. The van der Waals surface area contributed by atoms with E-state index in [4.69, 9.17) is 11.5 Å². The lowest BCUT2D eigenvalue weighted by Crippen LogP contribution is -2.14. The lowest BCUT2D eigenvalue weighted by Gasteiger charge is -2.10. The van der Waals surface area contributed by atoms with E-state index in [-0.39, 0.29) is 12.5 Å². The van der Waals surface area contributed by atoms with Crippen LogP contribution in [-0.2, 0) is 6.42 Å². The van der Waals surface area contributed by atoms with Crippen LogP contribution in [0.15, 0.2) is 36.4 Å². The van der Waals surface area contributed by atoms with E-state index in [2.05, 4.69) is 11.2 Å². The second-order valence-corrected chi connectivity index (χ2v) is 5.32. The van der Waals surface area contributed by atoms with Crippen LogP contribution < -0.4 is 5.32 Å². The van der Waals surface area contributed by atoms with Gasteiger partial charge in [-0.15, -0.1) is 6.42 Å². The summed E-state index contributed by atoms with van der Waals surface area (Å²) >= 11 is 0. The SMILES string of the molecule is C#Cc1cc(C)ccc1C(=O)Nc1cc(F)cc(CCCO)c1. The summed E-state index contributed by atoms with van der Waals surface area (Å²) < 4.78 is 13.7. The first-order valence-corrected chi connectivity index (χ1v) is 7.32. The van der Waals surface area contributed by atoms with Crippen molar-refractivity contribution in [1.29, 1.82) is 0 Å². The number of amides is 1. The fourth-order valence-electron chi connectivity index (χ4n) is 2.32. The first kappa shape index (κ1) is 16.7. The molecule has 0 saturated carbocycles. The van der Waals surface area contributed by atoms with E-state index in [1.165, 1.54) is 12.1 Å². The van der Waals surface area contributed by atoms with Crippen molar-refractivity contribution in [2.24, 2.45) is 0 Å². The Bertz CT molecular complexity index is 762. The molecule has 0 radical (unpaired) electrons. The van der Waals surface area contributed by atoms with Crippen LogP contribution in [0.1, 0.15) is 33.5 Å². The molecule has 0 aromatic heterocycles. The standard InChI is InChI=1S/C19H18FNO2/c1-3-15-9-13(2)6-7-18(15)19(23)21-17-11-14(5-4-8-22)10-16(20)12-17/h1,6-7,9-12,22H,4-5,8H2,2H3,(H,21,23). The van der Waals surface area contributed by atoms with Gasteiger partial charge in [-0.2, -0.15) is 0 Å². The summed E-state index contributed by atoms with van der Waals surface area (Å²) in [7, 11) is 0. The molecule has 0 saturated heterocycles. The second kappa shape index (κ2) is 7.57. The molecule has 4 heteroatoms. The molecule has 3 nitrogen and oxygen atoms in total. The molecule has 1 amide bonds. The van der Waals surface area contributed by atoms with E-state index < -0.39 is 5.82 Å². The van der Waals surface area contributed by atoms with Gasteiger partial charge in [-0.25, -0.2) is 4.39 Å². The Morgan fingerprint density at radius 1 is 1.30 bits per heavy atom. The highest BCUT2D eigenvalue weighted by molar-refractivity contribution is 6.06. The number of carbonyl (C=O) groups excluding carboxylic acids is 1. The highest BCUT2D eigenvalue weighted by Crippen LogP contribution is 2.18. The smallest absolute Gasteiger partial charge is 0.256 e. The normalized spacial score (nSPS) is 10.2. The van der Waals surface area contributed by atoms with Crippen LogP contribution in [0.4, 0.5) is 10.1 Å². The first-order chi connectivity index (χ1) is 11.0. The minimum Gasteiger partial charge on any atom is -0.396 e. The van der Waals surface area contributed by atoms with E-state index in [0.717, 1.165) is 11.1 Å². The van der Waals surface area contributed by atoms with Crippen LogP contribution in [0, 0.1) is 25.1 Å². The summed E-state index contributed by atoms with van der Waals surface area (Å²) in [6, 6.07) is 9.56. The molecule has 0 heterocycles. The number of hydrogen-bond acceptors (Lipinski definition) is 2. The number of anilines is 1. The van der Waals surface area contributed by atoms with Crippen molar-refractivity contribution in [2.45, 2.75) is 19.8 Å². The zero-order valence-corrected chi connectivity index (χ0v) is 12.9. The molecule has 0 aliphatic rings. The predicted octanol–water partition coefficient (Wildman–Crippen LogP) is 3.29. The fourth-order valence-corrected chi connectivity index (χ4v) is 2.32. The summed E-state index contributed by atoms with van der Waals surface area (Å²) in [5.41, 5.74) is 2.92. The Labute approximate surface area is 135 Å². The van der Waals surface area contributed by atoms with Gasteiger partial charge < -0.3 is 10.4 Å². The van der Waals surface area contributed by atoms with Crippen molar-refractivity contribution in [3.63, 3.8) is 0 Å². The zero-order valence-electron chi connectivity index (χ0n) is 12.9. The molecule has 2 aromatic carbocycles. The maximum Gasteiger partial charge on any atom is 0.256 e.